The molecule has 0 fully saturated rings. The summed E-state index contributed by atoms with van der Waals surface area (Å²) in [6, 6.07) is 11.5. The zero-order valence-corrected chi connectivity index (χ0v) is 18.4. The largest absolute Gasteiger partial charge is 0.331 e. The van der Waals surface area contributed by atoms with Gasteiger partial charge in [-0.3, -0.25) is 9.59 Å². The molecule has 0 atom stereocenters. The maximum absolute atomic E-state index is 13.4. The first-order chi connectivity index (χ1) is 14.8. The summed E-state index contributed by atoms with van der Waals surface area (Å²) in [6.45, 7) is 9.27. The van der Waals surface area contributed by atoms with Gasteiger partial charge in [-0.1, -0.05) is 45.9 Å². The van der Waals surface area contributed by atoms with Crippen molar-refractivity contribution in [1.29, 1.82) is 0 Å². The third-order valence-electron chi connectivity index (χ3n) is 5.39. The number of anilines is 1. The standard InChI is InChI=1S/C23H28N6O2/c1-5-12-28-20(10-11-24-28)25-21(30)15-29-22(31)18-13-16-8-6-7-9-17(16)27(18)14-19(26-29)23(2,3)4/h6-11,13H,5,12,14-15H2,1-4H3,(H,25,30). The Morgan fingerprint density at radius 1 is 1.19 bits per heavy atom. The molecule has 0 unspecified atom stereocenters. The van der Waals surface area contributed by atoms with Crippen molar-refractivity contribution in [3.8, 4) is 0 Å². The van der Waals surface area contributed by atoms with Gasteiger partial charge in [-0.05, 0) is 18.6 Å². The highest BCUT2D eigenvalue weighted by Gasteiger charge is 2.31. The van der Waals surface area contributed by atoms with E-state index in [9.17, 15) is 9.59 Å². The van der Waals surface area contributed by atoms with Gasteiger partial charge in [0.05, 0.1) is 18.5 Å². The molecule has 0 radical (unpaired) electrons. The molecule has 8 heteroatoms. The molecule has 0 bridgehead atoms. The van der Waals surface area contributed by atoms with E-state index in [2.05, 4.69) is 36.3 Å². The van der Waals surface area contributed by atoms with E-state index >= 15 is 0 Å². The van der Waals surface area contributed by atoms with Crippen molar-refractivity contribution >= 4 is 34.2 Å². The first kappa shape index (κ1) is 20.8. The molecule has 1 N–H and O–H groups in total. The Morgan fingerprint density at radius 2 is 1.97 bits per heavy atom. The average Bonchev–Trinajstić information content (AvgIpc) is 3.27. The number of hydrogen-bond acceptors (Lipinski definition) is 4. The van der Waals surface area contributed by atoms with E-state index in [1.165, 1.54) is 5.01 Å². The van der Waals surface area contributed by atoms with Crippen LogP contribution in [0.15, 0.2) is 47.7 Å². The number of nitrogens with one attached hydrogen (secondary N) is 1. The summed E-state index contributed by atoms with van der Waals surface area (Å²) in [5, 5.41) is 14.0. The molecule has 0 saturated carbocycles. The molecule has 0 aliphatic carbocycles. The van der Waals surface area contributed by atoms with Crippen LogP contribution in [0.2, 0.25) is 0 Å². The van der Waals surface area contributed by atoms with Crippen molar-refractivity contribution in [3.63, 3.8) is 0 Å². The molecular formula is C23H28N6O2. The van der Waals surface area contributed by atoms with E-state index in [4.69, 9.17) is 0 Å². The number of aryl methyl sites for hydroxylation is 1. The highest BCUT2D eigenvalue weighted by Crippen LogP contribution is 2.27. The predicted molar refractivity (Wildman–Crippen MR) is 121 cm³/mol. The Labute approximate surface area is 181 Å². The van der Waals surface area contributed by atoms with Crippen molar-refractivity contribution in [3.05, 3.63) is 48.3 Å². The number of carbonyl (C=O) groups excluding carboxylic acids is 2. The second kappa shape index (κ2) is 8.02. The lowest BCUT2D eigenvalue weighted by atomic mass is 9.90. The van der Waals surface area contributed by atoms with Gasteiger partial charge in [-0.15, -0.1) is 0 Å². The van der Waals surface area contributed by atoms with Crippen LogP contribution in [0.4, 0.5) is 5.82 Å². The monoisotopic (exact) mass is 420 g/mol. The minimum Gasteiger partial charge on any atom is -0.331 e. The van der Waals surface area contributed by atoms with Gasteiger partial charge < -0.3 is 9.88 Å². The number of nitrogens with zero attached hydrogens (tertiary/aromatic N) is 5. The molecule has 1 aromatic carbocycles. The first-order valence-electron chi connectivity index (χ1n) is 10.6. The fourth-order valence-corrected chi connectivity index (χ4v) is 3.70. The van der Waals surface area contributed by atoms with E-state index in [1.807, 2.05) is 41.8 Å². The van der Waals surface area contributed by atoms with Crippen LogP contribution in [0, 0.1) is 5.41 Å². The predicted octanol–water partition coefficient (Wildman–Crippen LogP) is 3.74. The fraction of sp³-hybridized carbons (Fsp3) is 0.391. The van der Waals surface area contributed by atoms with Crippen LogP contribution >= 0.6 is 0 Å². The molecule has 0 spiro atoms. The Balaban J connectivity index is 1.66. The fourth-order valence-electron chi connectivity index (χ4n) is 3.70. The van der Waals surface area contributed by atoms with Gasteiger partial charge in [-0.25, -0.2) is 9.69 Å². The Morgan fingerprint density at radius 3 is 2.71 bits per heavy atom. The van der Waals surface area contributed by atoms with Gasteiger partial charge in [0.2, 0.25) is 5.91 Å². The van der Waals surface area contributed by atoms with Gasteiger partial charge >= 0.3 is 0 Å². The Hall–Kier alpha value is -3.42. The summed E-state index contributed by atoms with van der Waals surface area (Å²) in [7, 11) is 0. The molecule has 1 aliphatic heterocycles. The maximum Gasteiger partial charge on any atom is 0.291 e. The minimum absolute atomic E-state index is 0.169. The highest BCUT2D eigenvalue weighted by molar-refractivity contribution is 6.04. The van der Waals surface area contributed by atoms with Crippen LogP contribution in [0.1, 0.15) is 44.6 Å². The summed E-state index contributed by atoms with van der Waals surface area (Å²) in [5.74, 6) is 0.0173. The number of rotatable bonds is 5. The third kappa shape index (κ3) is 4.10. The molecular weight excluding hydrogens is 392 g/mol. The van der Waals surface area contributed by atoms with E-state index in [0.717, 1.165) is 23.0 Å². The lowest BCUT2D eigenvalue weighted by molar-refractivity contribution is -0.116. The highest BCUT2D eigenvalue weighted by atomic mass is 16.2. The quantitative estimate of drug-likeness (QED) is 0.682. The zero-order chi connectivity index (χ0) is 22.2. The minimum atomic E-state index is -0.312. The maximum atomic E-state index is 13.4. The molecule has 0 saturated heterocycles. The van der Waals surface area contributed by atoms with E-state index in [1.54, 1.807) is 16.9 Å². The summed E-state index contributed by atoms with van der Waals surface area (Å²) in [5.41, 5.74) is 2.09. The second-order valence-corrected chi connectivity index (χ2v) is 8.82. The normalized spacial score (nSPS) is 14.4. The first-order valence-corrected chi connectivity index (χ1v) is 10.6. The van der Waals surface area contributed by atoms with Gasteiger partial charge in [0.25, 0.3) is 5.91 Å². The van der Waals surface area contributed by atoms with Crippen molar-refractivity contribution < 1.29 is 9.59 Å². The van der Waals surface area contributed by atoms with Crippen molar-refractivity contribution in [2.45, 2.75) is 47.2 Å². The van der Waals surface area contributed by atoms with Gasteiger partial charge in [0, 0.05) is 28.9 Å². The lowest BCUT2D eigenvalue weighted by Gasteiger charge is -2.23. The molecule has 8 nitrogen and oxygen atoms in total. The van der Waals surface area contributed by atoms with E-state index in [-0.39, 0.29) is 23.8 Å². The number of amides is 2. The number of carbonyl (C=O) groups is 2. The smallest absolute Gasteiger partial charge is 0.291 e. The zero-order valence-electron chi connectivity index (χ0n) is 18.4. The van der Waals surface area contributed by atoms with Crippen molar-refractivity contribution in [1.82, 2.24) is 19.4 Å². The van der Waals surface area contributed by atoms with E-state index < -0.39 is 0 Å². The van der Waals surface area contributed by atoms with E-state index in [0.29, 0.717) is 24.6 Å². The summed E-state index contributed by atoms with van der Waals surface area (Å²) in [6.07, 6.45) is 2.55. The summed E-state index contributed by atoms with van der Waals surface area (Å²) >= 11 is 0. The molecule has 3 aromatic rings. The topological polar surface area (TPSA) is 84.5 Å². The molecule has 31 heavy (non-hydrogen) atoms. The van der Waals surface area contributed by atoms with Crippen LogP contribution in [0.5, 0.6) is 0 Å². The number of hydrazone groups is 1. The third-order valence-corrected chi connectivity index (χ3v) is 5.39. The molecule has 1 aliphatic rings. The second-order valence-electron chi connectivity index (χ2n) is 8.82. The Bertz CT molecular complexity index is 1160. The SMILES string of the molecule is CCCn1nccc1NC(=O)CN1N=C(C(C)(C)C)Cn2c(cc3ccccc32)C1=O. The molecule has 4 rings (SSSR count). The number of benzene rings is 1. The lowest BCUT2D eigenvalue weighted by Crippen LogP contribution is -2.36. The average molecular weight is 421 g/mol. The number of para-hydroxylation sites is 1. The molecule has 2 amide bonds. The molecule has 162 valence electrons. The number of aromatic nitrogens is 3. The van der Waals surface area contributed by atoms with Crippen LogP contribution in [0.25, 0.3) is 10.9 Å². The van der Waals surface area contributed by atoms with Crippen molar-refractivity contribution in [2.24, 2.45) is 10.5 Å². The Kier molecular flexibility index (Phi) is 5.39. The van der Waals surface area contributed by atoms with Gasteiger partial charge in [0.15, 0.2) is 0 Å². The van der Waals surface area contributed by atoms with Crippen molar-refractivity contribution in [2.75, 3.05) is 11.9 Å². The summed E-state index contributed by atoms with van der Waals surface area (Å²) in [4.78, 5) is 26.2. The van der Waals surface area contributed by atoms with Crippen LogP contribution in [-0.2, 0) is 17.9 Å². The van der Waals surface area contributed by atoms with Crippen LogP contribution in [0.3, 0.4) is 0 Å². The van der Waals surface area contributed by atoms with Gasteiger partial charge in [-0.2, -0.15) is 10.2 Å². The van der Waals surface area contributed by atoms with Crippen LogP contribution < -0.4 is 5.32 Å². The number of fused-ring (bicyclic) bond motifs is 3. The number of hydrogen-bond donors (Lipinski definition) is 1. The van der Waals surface area contributed by atoms with Gasteiger partial charge in [0.1, 0.15) is 18.1 Å². The summed E-state index contributed by atoms with van der Waals surface area (Å²) < 4.78 is 3.74. The molecule has 3 heterocycles. The molecule has 2 aromatic heterocycles. The van der Waals surface area contributed by atoms with Crippen LogP contribution in [-0.4, -0.2) is 43.4 Å².